The number of amides is 2. The van der Waals surface area contributed by atoms with Gasteiger partial charge < -0.3 is 19.7 Å². The number of carbonyl (C=O) groups is 2. The van der Waals surface area contributed by atoms with Crippen molar-refractivity contribution in [3.8, 4) is 0 Å². The van der Waals surface area contributed by atoms with Crippen LogP contribution in [0.1, 0.15) is 30.2 Å². The van der Waals surface area contributed by atoms with E-state index < -0.39 is 30.8 Å². The van der Waals surface area contributed by atoms with E-state index in [1.807, 2.05) is 0 Å². The number of aromatic carboxylic acids is 1. The minimum atomic E-state index is -4.50. The Labute approximate surface area is 118 Å². The second kappa shape index (κ2) is 6.51. The number of furan rings is 1. The number of carbonyl (C=O) groups excluding carboxylic acids is 1. The SMILES string of the molecule is CC(C)N(CC(F)(F)F)C(=O)NCc1ccc(C(=O)O)o1. The number of hydrogen-bond donors (Lipinski definition) is 2. The number of hydrogen-bond acceptors (Lipinski definition) is 3. The van der Waals surface area contributed by atoms with E-state index in [-0.39, 0.29) is 18.1 Å². The zero-order valence-corrected chi connectivity index (χ0v) is 11.4. The molecule has 0 radical (unpaired) electrons. The lowest BCUT2D eigenvalue weighted by Gasteiger charge is -2.27. The number of urea groups is 1. The number of carboxylic acid groups (broad SMARTS) is 1. The molecule has 2 amide bonds. The van der Waals surface area contributed by atoms with Crippen LogP contribution in [0.3, 0.4) is 0 Å². The van der Waals surface area contributed by atoms with Crippen molar-refractivity contribution in [3.05, 3.63) is 23.7 Å². The molecule has 0 aliphatic heterocycles. The van der Waals surface area contributed by atoms with Crippen molar-refractivity contribution in [2.24, 2.45) is 0 Å². The van der Waals surface area contributed by atoms with E-state index >= 15 is 0 Å². The first-order valence-electron chi connectivity index (χ1n) is 6.03. The lowest BCUT2D eigenvalue weighted by atomic mass is 10.3. The normalized spacial score (nSPS) is 11.5. The van der Waals surface area contributed by atoms with Gasteiger partial charge >= 0.3 is 18.2 Å². The first-order chi connectivity index (χ1) is 9.60. The molecular formula is C12H15F3N2O4. The summed E-state index contributed by atoms with van der Waals surface area (Å²) >= 11 is 0. The quantitative estimate of drug-likeness (QED) is 0.875. The minimum absolute atomic E-state index is 0.136. The van der Waals surface area contributed by atoms with Crippen LogP contribution < -0.4 is 5.32 Å². The van der Waals surface area contributed by atoms with Crippen LogP contribution in [-0.4, -0.2) is 40.8 Å². The first-order valence-corrected chi connectivity index (χ1v) is 6.03. The van der Waals surface area contributed by atoms with Crippen molar-refractivity contribution in [3.63, 3.8) is 0 Å². The number of nitrogens with zero attached hydrogens (tertiary/aromatic N) is 1. The molecule has 1 heterocycles. The molecule has 0 atom stereocenters. The van der Waals surface area contributed by atoms with Crippen molar-refractivity contribution >= 4 is 12.0 Å². The summed E-state index contributed by atoms with van der Waals surface area (Å²) in [6.45, 7) is 1.35. The smallest absolute Gasteiger partial charge is 0.406 e. The zero-order valence-electron chi connectivity index (χ0n) is 11.4. The molecule has 1 aromatic rings. The molecule has 118 valence electrons. The third kappa shape index (κ3) is 5.36. The topological polar surface area (TPSA) is 82.8 Å². The van der Waals surface area contributed by atoms with E-state index in [0.29, 0.717) is 4.90 Å². The van der Waals surface area contributed by atoms with Crippen LogP contribution in [0.15, 0.2) is 16.5 Å². The molecule has 0 bridgehead atoms. The van der Waals surface area contributed by atoms with Gasteiger partial charge in [-0.1, -0.05) is 0 Å². The van der Waals surface area contributed by atoms with Gasteiger partial charge in [0.2, 0.25) is 5.76 Å². The van der Waals surface area contributed by atoms with E-state index in [1.165, 1.54) is 26.0 Å². The maximum atomic E-state index is 12.4. The maximum Gasteiger partial charge on any atom is 0.406 e. The van der Waals surface area contributed by atoms with Gasteiger partial charge in [0, 0.05) is 6.04 Å². The van der Waals surface area contributed by atoms with Crippen LogP contribution in [0.5, 0.6) is 0 Å². The summed E-state index contributed by atoms with van der Waals surface area (Å²) in [5.74, 6) is -1.44. The van der Waals surface area contributed by atoms with Crippen LogP contribution in [0.4, 0.5) is 18.0 Å². The highest BCUT2D eigenvalue weighted by molar-refractivity contribution is 5.84. The molecule has 0 aliphatic carbocycles. The second-order valence-electron chi connectivity index (χ2n) is 4.57. The van der Waals surface area contributed by atoms with Gasteiger partial charge in [-0.15, -0.1) is 0 Å². The van der Waals surface area contributed by atoms with Gasteiger partial charge in [0.1, 0.15) is 12.3 Å². The van der Waals surface area contributed by atoms with Crippen molar-refractivity contribution in [2.45, 2.75) is 32.6 Å². The summed E-state index contributed by atoms with van der Waals surface area (Å²) in [6.07, 6.45) is -4.50. The molecule has 6 nitrogen and oxygen atoms in total. The summed E-state index contributed by atoms with van der Waals surface area (Å²) in [5, 5.41) is 10.9. The Hall–Kier alpha value is -2.19. The minimum Gasteiger partial charge on any atom is -0.475 e. The molecule has 0 fully saturated rings. The predicted molar refractivity (Wildman–Crippen MR) is 65.8 cm³/mol. The lowest BCUT2D eigenvalue weighted by molar-refractivity contribution is -0.142. The van der Waals surface area contributed by atoms with Crippen molar-refractivity contribution in [1.82, 2.24) is 10.2 Å². The molecule has 0 saturated carbocycles. The molecule has 0 aliphatic rings. The van der Waals surface area contributed by atoms with Gasteiger partial charge in [-0.25, -0.2) is 9.59 Å². The van der Waals surface area contributed by atoms with Crippen LogP contribution in [0.25, 0.3) is 0 Å². The van der Waals surface area contributed by atoms with Gasteiger partial charge in [0.15, 0.2) is 0 Å². The van der Waals surface area contributed by atoms with E-state index in [4.69, 9.17) is 9.52 Å². The molecule has 1 rings (SSSR count). The summed E-state index contributed by atoms with van der Waals surface area (Å²) in [4.78, 5) is 23.0. The maximum absolute atomic E-state index is 12.4. The summed E-state index contributed by atoms with van der Waals surface area (Å²) < 4.78 is 42.0. The molecule has 9 heteroatoms. The predicted octanol–water partition coefficient (Wildman–Crippen LogP) is 2.46. The fraction of sp³-hybridized carbons (Fsp3) is 0.500. The van der Waals surface area contributed by atoms with E-state index in [9.17, 15) is 22.8 Å². The Morgan fingerprint density at radius 2 is 2.00 bits per heavy atom. The van der Waals surface area contributed by atoms with Gasteiger partial charge in [-0.3, -0.25) is 0 Å². The monoisotopic (exact) mass is 308 g/mol. The van der Waals surface area contributed by atoms with E-state index in [0.717, 1.165) is 0 Å². The zero-order chi connectivity index (χ0) is 16.2. The summed E-state index contributed by atoms with van der Waals surface area (Å²) in [7, 11) is 0. The van der Waals surface area contributed by atoms with Crippen LogP contribution in [-0.2, 0) is 6.54 Å². The number of carboxylic acids is 1. The van der Waals surface area contributed by atoms with Crippen LogP contribution >= 0.6 is 0 Å². The molecular weight excluding hydrogens is 293 g/mol. The Morgan fingerprint density at radius 1 is 1.38 bits per heavy atom. The van der Waals surface area contributed by atoms with Gasteiger partial charge in [-0.2, -0.15) is 13.2 Å². The Balaban J connectivity index is 2.63. The van der Waals surface area contributed by atoms with Crippen LogP contribution in [0, 0.1) is 0 Å². The fourth-order valence-corrected chi connectivity index (χ4v) is 1.53. The standard InChI is InChI=1S/C12H15F3N2O4/c1-7(2)17(6-12(13,14)15)11(20)16-5-8-3-4-9(21-8)10(18)19/h3-4,7H,5-6H2,1-2H3,(H,16,20)(H,18,19). The van der Waals surface area contributed by atoms with Gasteiger partial charge in [-0.05, 0) is 26.0 Å². The number of nitrogens with one attached hydrogen (secondary N) is 1. The van der Waals surface area contributed by atoms with Crippen LogP contribution in [0.2, 0.25) is 0 Å². The third-order valence-corrected chi connectivity index (χ3v) is 2.52. The Bertz CT molecular complexity index is 511. The van der Waals surface area contributed by atoms with Crippen molar-refractivity contribution < 1.29 is 32.3 Å². The molecule has 2 N–H and O–H groups in total. The highest BCUT2D eigenvalue weighted by atomic mass is 19.4. The fourth-order valence-electron chi connectivity index (χ4n) is 1.53. The average molecular weight is 308 g/mol. The van der Waals surface area contributed by atoms with Crippen molar-refractivity contribution in [2.75, 3.05) is 6.54 Å². The highest BCUT2D eigenvalue weighted by Crippen LogP contribution is 2.18. The molecule has 0 saturated heterocycles. The summed E-state index contributed by atoms with van der Waals surface area (Å²) in [6, 6.07) is 0.973. The first kappa shape index (κ1) is 16.9. The molecule has 0 aromatic carbocycles. The summed E-state index contributed by atoms with van der Waals surface area (Å²) in [5.41, 5.74) is 0. The van der Waals surface area contributed by atoms with Gasteiger partial charge in [0.05, 0.1) is 6.54 Å². The Morgan fingerprint density at radius 3 is 2.43 bits per heavy atom. The largest absolute Gasteiger partial charge is 0.475 e. The average Bonchev–Trinajstić information content (AvgIpc) is 2.80. The number of halogens is 3. The number of rotatable bonds is 5. The molecule has 0 spiro atoms. The molecule has 21 heavy (non-hydrogen) atoms. The van der Waals surface area contributed by atoms with Gasteiger partial charge in [0.25, 0.3) is 0 Å². The highest BCUT2D eigenvalue weighted by Gasteiger charge is 2.34. The molecule has 1 aromatic heterocycles. The van der Waals surface area contributed by atoms with E-state index in [1.54, 1.807) is 0 Å². The lowest BCUT2D eigenvalue weighted by Crippen LogP contribution is -2.48. The van der Waals surface area contributed by atoms with E-state index in [2.05, 4.69) is 5.32 Å². The Kier molecular flexibility index (Phi) is 5.23. The van der Waals surface area contributed by atoms with Crippen molar-refractivity contribution in [1.29, 1.82) is 0 Å². The number of alkyl halides is 3. The molecule has 0 unspecified atom stereocenters. The third-order valence-electron chi connectivity index (χ3n) is 2.52. The second-order valence-corrected chi connectivity index (χ2v) is 4.57.